The molecular formula is C13H25N3. The Morgan fingerprint density at radius 3 is 2.56 bits per heavy atom. The first-order valence-corrected chi connectivity index (χ1v) is 6.21. The molecule has 1 N–H and O–H groups in total. The summed E-state index contributed by atoms with van der Waals surface area (Å²) in [5.41, 5.74) is -0.110. The Kier molecular flexibility index (Phi) is 3.98. The molecule has 1 rings (SSSR count). The Bertz CT molecular complexity index is 279. The Labute approximate surface area is 99.8 Å². The summed E-state index contributed by atoms with van der Waals surface area (Å²) in [6.07, 6.45) is 3.42. The molecule has 2 unspecified atom stereocenters. The number of hydrogen-bond acceptors (Lipinski definition) is 3. The molecule has 1 saturated heterocycles. The zero-order valence-electron chi connectivity index (χ0n) is 11.3. The molecule has 0 aliphatic carbocycles. The van der Waals surface area contributed by atoms with Crippen LogP contribution in [-0.2, 0) is 0 Å². The summed E-state index contributed by atoms with van der Waals surface area (Å²) in [7, 11) is 1.87. The number of nitrogens with zero attached hydrogens (tertiary/aromatic N) is 2. The summed E-state index contributed by atoms with van der Waals surface area (Å²) < 4.78 is 0. The summed E-state index contributed by atoms with van der Waals surface area (Å²) in [5, 5.41) is 12.3. The molecule has 0 aromatic rings. The van der Waals surface area contributed by atoms with Crippen LogP contribution in [0.3, 0.4) is 0 Å². The fraction of sp³-hybridized carbons (Fsp3) is 0.923. The van der Waals surface area contributed by atoms with Crippen molar-refractivity contribution in [2.24, 2.45) is 0 Å². The molecule has 0 bridgehead atoms. The van der Waals surface area contributed by atoms with Gasteiger partial charge in [-0.3, -0.25) is 4.90 Å². The van der Waals surface area contributed by atoms with Crippen LogP contribution in [0.15, 0.2) is 0 Å². The maximum absolute atomic E-state index is 9.18. The van der Waals surface area contributed by atoms with E-state index in [-0.39, 0.29) is 0 Å². The molecule has 2 atom stereocenters. The van der Waals surface area contributed by atoms with Gasteiger partial charge in [-0.1, -0.05) is 0 Å². The summed E-state index contributed by atoms with van der Waals surface area (Å²) >= 11 is 0. The number of nitrogens with one attached hydrogen (secondary N) is 1. The summed E-state index contributed by atoms with van der Waals surface area (Å²) in [6, 6.07) is 2.83. The molecule has 1 heterocycles. The lowest BCUT2D eigenvalue weighted by molar-refractivity contribution is 0.107. The highest BCUT2D eigenvalue weighted by Gasteiger charge is 2.37. The first-order valence-electron chi connectivity index (χ1n) is 6.21. The van der Waals surface area contributed by atoms with Crippen molar-refractivity contribution in [2.75, 3.05) is 13.6 Å². The van der Waals surface area contributed by atoms with Crippen LogP contribution in [0.4, 0.5) is 0 Å². The van der Waals surface area contributed by atoms with Crippen LogP contribution in [0.25, 0.3) is 0 Å². The molecular weight excluding hydrogens is 198 g/mol. The van der Waals surface area contributed by atoms with Crippen molar-refractivity contribution in [3.8, 4) is 6.07 Å². The third-order valence-electron chi connectivity index (χ3n) is 4.00. The monoisotopic (exact) mass is 223 g/mol. The van der Waals surface area contributed by atoms with Gasteiger partial charge in [0.25, 0.3) is 0 Å². The first-order chi connectivity index (χ1) is 7.34. The van der Waals surface area contributed by atoms with Crippen LogP contribution >= 0.6 is 0 Å². The quantitative estimate of drug-likeness (QED) is 0.793. The highest BCUT2D eigenvalue weighted by Crippen LogP contribution is 2.32. The van der Waals surface area contributed by atoms with Crippen molar-refractivity contribution in [1.29, 1.82) is 5.26 Å². The summed E-state index contributed by atoms with van der Waals surface area (Å²) in [4.78, 5) is 2.54. The number of nitriles is 1. The predicted molar refractivity (Wildman–Crippen MR) is 67.2 cm³/mol. The van der Waals surface area contributed by atoms with E-state index in [4.69, 9.17) is 0 Å². The van der Waals surface area contributed by atoms with E-state index in [2.05, 4.69) is 37.1 Å². The molecule has 1 aliphatic rings. The van der Waals surface area contributed by atoms with E-state index < -0.39 is 5.54 Å². The summed E-state index contributed by atoms with van der Waals surface area (Å²) in [6.45, 7) is 9.99. The van der Waals surface area contributed by atoms with Gasteiger partial charge in [0, 0.05) is 11.6 Å². The molecule has 0 amide bonds. The van der Waals surface area contributed by atoms with E-state index in [9.17, 15) is 5.26 Å². The summed E-state index contributed by atoms with van der Waals surface area (Å²) in [5.74, 6) is 0. The molecule has 92 valence electrons. The van der Waals surface area contributed by atoms with Gasteiger partial charge < -0.3 is 5.32 Å². The molecule has 0 spiro atoms. The van der Waals surface area contributed by atoms with Crippen molar-refractivity contribution in [3.63, 3.8) is 0 Å². The van der Waals surface area contributed by atoms with Gasteiger partial charge in [-0.05, 0) is 60.5 Å². The van der Waals surface area contributed by atoms with E-state index in [0.29, 0.717) is 11.6 Å². The smallest absolute Gasteiger partial charge is 0.105 e. The largest absolute Gasteiger partial charge is 0.303 e. The standard InChI is InChI=1S/C13H25N3/c1-11(9-13(4,10-14)15-5)16-8-6-7-12(16,2)3/h11,15H,6-9H2,1-5H3. The Hall–Kier alpha value is -0.590. The molecule has 3 nitrogen and oxygen atoms in total. The normalized spacial score (nSPS) is 26.0. The predicted octanol–water partition coefficient (Wildman–Crippen LogP) is 2.14. The Balaban J connectivity index is 2.66. The molecule has 0 radical (unpaired) electrons. The fourth-order valence-electron chi connectivity index (χ4n) is 2.85. The lowest BCUT2D eigenvalue weighted by Crippen LogP contribution is -2.50. The maximum atomic E-state index is 9.18. The SMILES string of the molecule is CNC(C)(C#N)CC(C)N1CCCC1(C)C. The molecule has 16 heavy (non-hydrogen) atoms. The third kappa shape index (κ3) is 2.75. The van der Waals surface area contributed by atoms with Crippen LogP contribution in [-0.4, -0.2) is 35.6 Å². The van der Waals surface area contributed by atoms with Gasteiger partial charge in [-0.2, -0.15) is 5.26 Å². The van der Waals surface area contributed by atoms with Crippen LogP contribution in [0.5, 0.6) is 0 Å². The van der Waals surface area contributed by atoms with E-state index in [1.807, 2.05) is 14.0 Å². The molecule has 3 heteroatoms. The number of rotatable bonds is 4. The average molecular weight is 223 g/mol. The molecule has 0 aromatic heterocycles. The lowest BCUT2D eigenvalue weighted by atomic mass is 9.92. The Morgan fingerprint density at radius 1 is 1.56 bits per heavy atom. The number of hydrogen-bond donors (Lipinski definition) is 1. The van der Waals surface area contributed by atoms with Gasteiger partial charge in [0.1, 0.15) is 5.54 Å². The minimum atomic E-state index is -0.405. The second-order valence-electron chi connectivity index (χ2n) is 5.86. The Morgan fingerprint density at radius 2 is 2.19 bits per heavy atom. The molecule has 0 saturated carbocycles. The fourth-order valence-corrected chi connectivity index (χ4v) is 2.85. The second-order valence-corrected chi connectivity index (χ2v) is 5.86. The highest BCUT2D eigenvalue weighted by molar-refractivity contribution is 5.06. The highest BCUT2D eigenvalue weighted by atomic mass is 15.2. The topological polar surface area (TPSA) is 39.1 Å². The maximum Gasteiger partial charge on any atom is 0.105 e. The van der Waals surface area contributed by atoms with Crippen molar-refractivity contribution in [3.05, 3.63) is 0 Å². The van der Waals surface area contributed by atoms with E-state index in [1.165, 1.54) is 19.4 Å². The first kappa shape index (κ1) is 13.5. The van der Waals surface area contributed by atoms with Crippen molar-refractivity contribution in [2.45, 2.75) is 64.1 Å². The zero-order chi connectivity index (χ0) is 12.4. The van der Waals surface area contributed by atoms with Gasteiger partial charge in [0.15, 0.2) is 0 Å². The molecule has 1 aliphatic heterocycles. The molecule has 1 fully saturated rings. The number of likely N-dealkylation sites (tertiary alicyclic amines) is 1. The van der Waals surface area contributed by atoms with Crippen molar-refractivity contribution < 1.29 is 0 Å². The third-order valence-corrected chi connectivity index (χ3v) is 4.00. The lowest BCUT2D eigenvalue weighted by Gasteiger charge is -2.39. The van der Waals surface area contributed by atoms with Gasteiger partial charge in [-0.15, -0.1) is 0 Å². The zero-order valence-corrected chi connectivity index (χ0v) is 11.3. The van der Waals surface area contributed by atoms with Crippen LogP contribution < -0.4 is 5.32 Å². The average Bonchev–Trinajstić information content (AvgIpc) is 2.58. The van der Waals surface area contributed by atoms with Gasteiger partial charge in [0.05, 0.1) is 6.07 Å². The van der Waals surface area contributed by atoms with Gasteiger partial charge in [-0.25, -0.2) is 0 Å². The minimum Gasteiger partial charge on any atom is -0.303 e. The minimum absolute atomic E-state index is 0.295. The van der Waals surface area contributed by atoms with Crippen LogP contribution in [0.2, 0.25) is 0 Å². The van der Waals surface area contributed by atoms with E-state index in [1.54, 1.807) is 0 Å². The second kappa shape index (κ2) is 4.73. The van der Waals surface area contributed by atoms with Crippen LogP contribution in [0.1, 0.15) is 47.0 Å². The van der Waals surface area contributed by atoms with Crippen molar-refractivity contribution >= 4 is 0 Å². The van der Waals surface area contributed by atoms with E-state index in [0.717, 1.165) is 6.42 Å². The van der Waals surface area contributed by atoms with Crippen molar-refractivity contribution in [1.82, 2.24) is 10.2 Å². The van der Waals surface area contributed by atoms with Gasteiger partial charge >= 0.3 is 0 Å². The molecule has 0 aromatic carbocycles. The van der Waals surface area contributed by atoms with Gasteiger partial charge in [0.2, 0.25) is 0 Å². The van der Waals surface area contributed by atoms with Crippen LogP contribution in [0, 0.1) is 11.3 Å². The van der Waals surface area contributed by atoms with E-state index >= 15 is 0 Å².